The molecule has 2 heterocycles. The molecule has 1 aromatic carbocycles. The molecule has 0 bridgehead atoms. The first-order valence-electron chi connectivity index (χ1n) is 8.48. The number of carboxylic acid groups (broad SMARTS) is 1. The summed E-state index contributed by atoms with van der Waals surface area (Å²) in [5.41, 5.74) is 1.66. The van der Waals surface area contributed by atoms with Crippen LogP contribution in [0.15, 0.2) is 30.6 Å². The van der Waals surface area contributed by atoms with Crippen molar-refractivity contribution in [2.75, 3.05) is 6.54 Å². The minimum absolute atomic E-state index is 0.114. The second-order valence-electron chi connectivity index (χ2n) is 6.78. The van der Waals surface area contributed by atoms with E-state index in [0.29, 0.717) is 12.5 Å². The van der Waals surface area contributed by atoms with Gasteiger partial charge in [0.05, 0.1) is 12.1 Å². The number of fused-ring (bicyclic) bond motifs is 1. The summed E-state index contributed by atoms with van der Waals surface area (Å²) in [6, 6.07) is 6.71. The summed E-state index contributed by atoms with van der Waals surface area (Å²) in [5.74, 6) is -0.537. The highest BCUT2D eigenvalue weighted by atomic mass is 16.4. The quantitative estimate of drug-likeness (QED) is 0.887. The van der Waals surface area contributed by atoms with Crippen molar-refractivity contribution in [2.45, 2.75) is 31.7 Å². The Balaban J connectivity index is 1.47. The Bertz CT molecular complexity index is 774. The van der Waals surface area contributed by atoms with E-state index in [1.54, 1.807) is 4.90 Å². The number of hydrogen-bond donors (Lipinski definition) is 1. The van der Waals surface area contributed by atoms with Crippen molar-refractivity contribution in [3.8, 4) is 5.69 Å². The van der Waals surface area contributed by atoms with E-state index in [-0.39, 0.29) is 18.2 Å². The Hall–Kier alpha value is -2.77. The van der Waals surface area contributed by atoms with Crippen molar-refractivity contribution in [1.29, 1.82) is 0 Å². The molecule has 1 amide bonds. The van der Waals surface area contributed by atoms with Gasteiger partial charge >= 0.3 is 5.97 Å². The molecular weight excluding hydrogens is 322 g/mol. The molecule has 4 rings (SSSR count). The molecule has 2 aromatic rings. The average Bonchev–Trinajstić information content (AvgIpc) is 3.31. The molecule has 0 radical (unpaired) electrons. The molecule has 1 aliphatic carbocycles. The third-order valence-corrected chi connectivity index (χ3v) is 5.37. The highest BCUT2D eigenvalue weighted by molar-refractivity contribution is 5.86. The van der Waals surface area contributed by atoms with Crippen molar-refractivity contribution >= 4 is 11.9 Å². The van der Waals surface area contributed by atoms with E-state index in [4.69, 9.17) is 0 Å². The SMILES string of the molecule is O=C(O)[C@@H]1[C@@H]2CCC[C@H]2CN1C(=O)Cc1ccc(-n2cnnn2)cc1. The fourth-order valence-corrected chi connectivity index (χ4v) is 4.20. The second kappa shape index (κ2) is 6.27. The van der Waals surface area contributed by atoms with Gasteiger partial charge in [0.1, 0.15) is 12.4 Å². The Morgan fingerprint density at radius 2 is 2.00 bits per heavy atom. The zero-order valence-electron chi connectivity index (χ0n) is 13.7. The summed E-state index contributed by atoms with van der Waals surface area (Å²) in [7, 11) is 0. The second-order valence-corrected chi connectivity index (χ2v) is 6.78. The Kier molecular flexibility index (Phi) is 3.95. The van der Waals surface area contributed by atoms with E-state index in [1.165, 1.54) is 11.0 Å². The molecule has 2 fully saturated rings. The van der Waals surface area contributed by atoms with Gasteiger partial charge in [-0.3, -0.25) is 4.79 Å². The van der Waals surface area contributed by atoms with Crippen LogP contribution in [0.5, 0.6) is 0 Å². The van der Waals surface area contributed by atoms with E-state index in [0.717, 1.165) is 30.5 Å². The number of hydrogen-bond acceptors (Lipinski definition) is 5. The van der Waals surface area contributed by atoms with Crippen LogP contribution >= 0.6 is 0 Å². The fraction of sp³-hybridized carbons (Fsp3) is 0.471. The van der Waals surface area contributed by atoms with Crippen LogP contribution in [-0.4, -0.2) is 54.7 Å². The first kappa shape index (κ1) is 15.7. The number of aromatic nitrogens is 4. The summed E-state index contributed by atoms with van der Waals surface area (Å²) >= 11 is 0. The van der Waals surface area contributed by atoms with E-state index >= 15 is 0 Å². The first-order chi connectivity index (χ1) is 12.1. The highest BCUT2D eigenvalue weighted by Gasteiger charge is 2.49. The average molecular weight is 341 g/mol. The van der Waals surface area contributed by atoms with Crippen LogP contribution < -0.4 is 0 Å². The van der Waals surface area contributed by atoms with Gasteiger partial charge in [-0.05, 0) is 52.8 Å². The molecule has 1 saturated carbocycles. The van der Waals surface area contributed by atoms with Gasteiger partial charge in [-0.2, -0.15) is 0 Å². The molecule has 1 saturated heterocycles. The van der Waals surface area contributed by atoms with Crippen LogP contribution in [0.1, 0.15) is 24.8 Å². The van der Waals surface area contributed by atoms with Crippen LogP contribution in [0.25, 0.3) is 5.69 Å². The minimum atomic E-state index is -0.878. The van der Waals surface area contributed by atoms with E-state index in [9.17, 15) is 14.7 Å². The van der Waals surface area contributed by atoms with Crippen molar-refractivity contribution < 1.29 is 14.7 Å². The van der Waals surface area contributed by atoms with Gasteiger partial charge in [-0.1, -0.05) is 18.6 Å². The van der Waals surface area contributed by atoms with Crippen molar-refractivity contribution in [2.24, 2.45) is 11.8 Å². The van der Waals surface area contributed by atoms with Crippen molar-refractivity contribution in [1.82, 2.24) is 25.1 Å². The summed E-state index contributed by atoms with van der Waals surface area (Å²) in [6.07, 6.45) is 4.71. The fourth-order valence-electron chi connectivity index (χ4n) is 4.20. The molecule has 1 aromatic heterocycles. The predicted molar refractivity (Wildman–Crippen MR) is 86.8 cm³/mol. The minimum Gasteiger partial charge on any atom is -0.480 e. The topological polar surface area (TPSA) is 101 Å². The van der Waals surface area contributed by atoms with Crippen molar-refractivity contribution in [3.63, 3.8) is 0 Å². The van der Waals surface area contributed by atoms with Crippen LogP contribution in [-0.2, 0) is 16.0 Å². The number of carboxylic acids is 1. The van der Waals surface area contributed by atoms with Gasteiger partial charge in [-0.15, -0.1) is 5.10 Å². The lowest BCUT2D eigenvalue weighted by atomic mass is 9.94. The smallest absolute Gasteiger partial charge is 0.326 e. The van der Waals surface area contributed by atoms with E-state index < -0.39 is 12.0 Å². The molecule has 8 nitrogen and oxygen atoms in total. The molecular formula is C17H19N5O3. The van der Waals surface area contributed by atoms with Gasteiger partial charge in [0.25, 0.3) is 0 Å². The zero-order chi connectivity index (χ0) is 17.4. The molecule has 130 valence electrons. The first-order valence-corrected chi connectivity index (χ1v) is 8.48. The van der Waals surface area contributed by atoms with Gasteiger partial charge < -0.3 is 10.0 Å². The van der Waals surface area contributed by atoms with Crippen LogP contribution in [0.4, 0.5) is 0 Å². The highest BCUT2D eigenvalue weighted by Crippen LogP contribution is 2.42. The molecule has 8 heteroatoms. The summed E-state index contributed by atoms with van der Waals surface area (Å²) in [6.45, 7) is 0.573. The Morgan fingerprint density at radius 1 is 1.20 bits per heavy atom. The van der Waals surface area contributed by atoms with E-state index in [2.05, 4.69) is 15.5 Å². The monoisotopic (exact) mass is 341 g/mol. The number of nitrogens with zero attached hydrogens (tertiary/aromatic N) is 5. The van der Waals surface area contributed by atoms with Crippen LogP contribution in [0.2, 0.25) is 0 Å². The summed E-state index contributed by atoms with van der Waals surface area (Å²) < 4.78 is 1.54. The van der Waals surface area contributed by atoms with Crippen LogP contribution in [0, 0.1) is 11.8 Å². The van der Waals surface area contributed by atoms with Gasteiger partial charge in [-0.25, -0.2) is 9.48 Å². The number of amides is 1. The van der Waals surface area contributed by atoms with Gasteiger partial charge in [0, 0.05) is 6.54 Å². The lowest BCUT2D eigenvalue weighted by molar-refractivity contribution is -0.149. The largest absolute Gasteiger partial charge is 0.480 e. The number of carbonyl (C=O) groups is 2. The summed E-state index contributed by atoms with van der Waals surface area (Å²) in [5, 5.41) is 20.6. The molecule has 2 aliphatic rings. The lowest BCUT2D eigenvalue weighted by Crippen LogP contribution is -2.43. The maximum atomic E-state index is 12.7. The maximum Gasteiger partial charge on any atom is 0.326 e. The normalized spacial score (nSPS) is 25.1. The number of tetrazole rings is 1. The summed E-state index contributed by atoms with van der Waals surface area (Å²) in [4.78, 5) is 25.9. The number of likely N-dealkylation sites (tertiary alicyclic amines) is 1. The third kappa shape index (κ3) is 2.88. The molecule has 0 spiro atoms. The Labute approximate surface area is 144 Å². The maximum absolute atomic E-state index is 12.7. The Morgan fingerprint density at radius 3 is 2.68 bits per heavy atom. The molecule has 25 heavy (non-hydrogen) atoms. The molecule has 1 aliphatic heterocycles. The number of rotatable bonds is 4. The lowest BCUT2D eigenvalue weighted by Gasteiger charge is -2.24. The van der Waals surface area contributed by atoms with Crippen LogP contribution in [0.3, 0.4) is 0 Å². The standard InChI is InChI=1S/C17H19N5O3/c23-15(21-9-12-2-1-3-14(12)16(21)17(24)25)8-11-4-6-13(7-5-11)22-10-18-19-20-22/h4-7,10,12,14,16H,1-3,8-9H2,(H,24,25)/t12-,14+,16-/m0/s1. The molecule has 0 unspecified atom stereocenters. The number of carbonyl (C=O) groups excluding carboxylic acids is 1. The van der Waals surface area contributed by atoms with Crippen molar-refractivity contribution in [3.05, 3.63) is 36.2 Å². The predicted octanol–water partition coefficient (Wildman–Crippen LogP) is 0.916. The third-order valence-electron chi connectivity index (χ3n) is 5.37. The molecule has 1 N–H and O–H groups in total. The van der Waals surface area contributed by atoms with Gasteiger partial charge in [0.2, 0.25) is 5.91 Å². The van der Waals surface area contributed by atoms with Gasteiger partial charge in [0.15, 0.2) is 0 Å². The van der Waals surface area contributed by atoms with E-state index in [1.807, 2.05) is 24.3 Å². The number of benzene rings is 1. The molecule has 3 atom stereocenters. The zero-order valence-corrected chi connectivity index (χ0v) is 13.7. The number of aliphatic carboxylic acids is 1.